The minimum absolute atomic E-state index is 0.463. The summed E-state index contributed by atoms with van der Waals surface area (Å²) in [5, 5.41) is 0. The molecule has 186 valence electrons. The summed E-state index contributed by atoms with van der Waals surface area (Å²) in [4.78, 5) is 10.6. The summed E-state index contributed by atoms with van der Waals surface area (Å²) >= 11 is 0. The Balaban J connectivity index is 1.65. The van der Waals surface area contributed by atoms with Gasteiger partial charge in [-0.3, -0.25) is 0 Å². The van der Waals surface area contributed by atoms with Crippen molar-refractivity contribution in [1.82, 2.24) is 9.13 Å². The monoisotopic (exact) mass is 506 g/mol. The maximum absolute atomic E-state index is 13.5. The zero-order chi connectivity index (χ0) is 25.8. The third-order valence-corrected chi connectivity index (χ3v) is 7.02. The van der Waals surface area contributed by atoms with Gasteiger partial charge in [-0.05, 0) is 36.4 Å². The first-order valence-corrected chi connectivity index (χ1v) is 12.4. The molecule has 0 unspecified atom stereocenters. The molecule has 0 N–H and O–H groups in total. The molecule has 2 aromatic heterocycles. The molecular formula is C26H30N6O3S+2. The third-order valence-electron chi connectivity index (χ3n) is 5.66. The van der Waals surface area contributed by atoms with Crippen molar-refractivity contribution >= 4 is 34.0 Å². The Labute approximate surface area is 213 Å². The van der Waals surface area contributed by atoms with Gasteiger partial charge >= 0.3 is 23.4 Å². The van der Waals surface area contributed by atoms with Crippen LogP contribution in [0.3, 0.4) is 0 Å². The van der Waals surface area contributed by atoms with Crippen LogP contribution in [0.2, 0.25) is 0 Å². The fourth-order valence-electron chi connectivity index (χ4n) is 3.86. The number of aryl methyl sites for hydroxylation is 4. The van der Waals surface area contributed by atoms with Crippen LogP contribution in [0.15, 0.2) is 93.1 Å². The van der Waals surface area contributed by atoms with E-state index in [9.17, 15) is 4.21 Å². The fraction of sp³-hybridized carbons (Fsp3) is 0.231. The van der Waals surface area contributed by atoms with Gasteiger partial charge in [-0.25, -0.2) is 32.5 Å². The van der Waals surface area contributed by atoms with Gasteiger partial charge in [0.1, 0.15) is 24.8 Å². The second-order valence-electron chi connectivity index (χ2n) is 8.19. The van der Waals surface area contributed by atoms with E-state index in [1.165, 1.54) is 0 Å². The number of imidazole rings is 2. The fourth-order valence-corrected chi connectivity index (χ4v) is 5.00. The number of methoxy groups -OCH3 is 2. The molecule has 0 spiro atoms. The lowest BCUT2D eigenvalue weighted by atomic mass is 10.3. The number of hydrogen-bond donors (Lipinski definition) is 0. The van der Waals surface area contributed by atoms with Gasteiger partial charge in [0.15, 0.2) is 0 Å². The van der Waals surface area contributed by atoms with Crippen LogP contribution in [0.5, 0.6) is 0 Å². The Kier molecular flexibility index (Phi) is 7.44. The van der Waals surface area contributed by atoms with Crippen molar-refractivity contribution in [3.8, 4) is 0 Å². The molecule has 0 amide bonds. The number of ether oxygens (including phenoxy) is 2. The van der Waals surface area contributed by atoms with Crippen molar-refractivity contribution in [2.24, 2.45) is 38.2 Å². The average molecular weight is 507 g/mol. The summed E-state index contributed by atoms with van der Waals surface area (Å²) in [6, 6.07) is 14.6. The highest BCUT2D eigenvalue weighted by molar-refractivity contribution is 7.85. The number of nitrogens with zero attached hydrogens (tertiary/aromatic N) is 6. The molecule has 0 saturated carbocycles. The zero-order valence-electron chi connectivity index (χ0n) is 21.2. The lowest BCUT2D eigenvalue weighted by Gasteiger charge is -2.07. The van der Waals surface area contributed by atoms with E-state index in [2.05, 4.69) is 9.98 Å². The molecule has 9 nitrogen and oxygen atoms in total. The molecular weight excluding hydrogens is 476 g/mol. The van der Waals surface area contributed by atoms with E-state index in [0.29, 0.717) is 33.0 Å². The predicted octanol–water partition coefficient (Wildman–Crippen LogP) is 2.63. The van der Waals surface area contributed by atoms with Gasteiger partial charge in [-0.2, -0.15) is 0 Å². The maximum atomic E-state index is 13.5. The average Bonchev–Trinajstić information content (AvgIpc) is 3.40. The highest BCUT2D eigenvalue weighted by Gasteiger charge is 2.21. The quantitative estimate of drug-likeness (QED) is 0.229. The summed E-state index contributed by atoms with van der Waals surface area (Å²) in [6.07, 6.45) is 7.71. The van der Waals surface area contributed by atoms with Crippen LogP contribution >= 0.6 is 0 Å². The molecule has 0 bridgehead atoms. The van der Waals surface area contributed by atoms with Gasteiger partial charge in [-0.1, -0.05) is 12.1 Å². The van der Waals surface area contributed by atoms with E-state index in [1.54, 1.807) is 26.4 Å². The van der Waals surface area contributed by atoms with Gasteiger partial charge in [0.05, 0.1) is 64.6 Å². The van der Waals surface area contributed by atoms with Crippen LogP contribution in [0, 0.1) is 0 Å². The van der Waals surface area contributed by atoms with E-state index in [1.807, 2.05) is 108 Å². The van der Waals surface area contributed by atoms with Crippen LogP contribution in [-0.4, -0.2) is 39.4 Å². The van der Waals surface area contributed by atoms with Crippen LogP contribution in [0.25, 0.3) is 0 Å². The predicted molar refractivity (Wildman–Crippen MR) is 137 cm³/mol. The Bertz CT molecular complexity index is 1340. The van der Waals surface area contributed by atoms with Crippen LogP contribution in [0.4, 0.5) is 11.4 Å². The van der Waals surface area contributed by atoms with E-state index in [0.717, 1.165) is 11.6 Å². The van der Waals surface area contributed by atoms with Crippen molar-refractivity contribution in [1.29, 1.82) is 0 Å². The SMILES string of the molecule is COC(=Nc1cccc(S(=O)c2cccc(N=C(OC)c3n(C)cc[n+]3C)c2)c1)c1n(C)cc[n+]1C. The van der Waals surface area contributed by atoms with Crippen molar-refractivity contribution in [3.63, 3.8) is 0 Å². The van der Waals surface area contributed by atoms with Crippen molar-refractivity contribution in [2.75, 3.05) is 14.2 Å². The van der Waals surface area contributed by atoms with Gasteiger partial charge in [0.2, 0.25) is 0 Å². The van der Waals surface area contributed by atoms with Gasteiger partial charge in [-0.15, -0.1) is 0 Å². The smallest absolute Gasteiger partial charge is 0.344 e. The number of benzene rings is 2. The van der Waals surface area contributed by atoms with Crippen LogP contribution in [0.1, 0.15) is 11.6 Å². The highest BCUT2D eigenvalue weighted by atomic mass is 32.2. The second-order valence-corrected chi connectivity index (χ2v) is 9.67. The topological polar surface area (TPSA) is 77.9 Å². The largest absolute Gasteiger partial charge is 0.475 e. The summed E-state index contributed by atoms with van der Waals surface area (Å²) in [5.41, 5.74) is 1.29. The number of hydrogen-bond acceptors (Lipinski definition) is 5. The minimum atomic E-state index is -1.43. The first-order chi connectivity index (χ1) is 17.3. The lowest BCUT2D eigenvalue weighted by Crippen LogP contribution is -2.35. The van der Waals surface area contributed by atoms with E-state index < -0.39 is 10.8 Å². The molecule has 0 aliphatic heterocycles. The van der Waals surface area contributed by atoms with E-state index in [-0.39, 0.29) is 0 Å². The number of aromatic nitrogens is 4. The minimum Gasteiger partial charge on any atom is -0.475 e. The number of aliphatic imine (C=N–C) groups is 2. The maximum Gasteiger partial charge on any atom is 0.344 e. The molecule has 0 atom stereocenters. The molecule has 10 heteroatoms. The third kappa shape index (κ3) is 5.13. The Hall–Kier alpha value is -4.05. The van der Waals surface area contributed by atoms with Crippen molar-refractivity contribution in [3.05, 3.63) is 85.0 Å². The number of rotatable bonds is 6. The molecule has 0 aliphatic carbocycles. The first-order valence-electron chi connectivity index (χ1n) is 11.2. The van der Waals surface area contributed by atoms with Crippen LogP contribution < -0.4 is 9.13 Å². The molecule has 2 aromatic carbocycles. The highest BCUT2D eigenvalue weighted by Crippen LogP contribution is 2.25. The molecule has 2 heterocycles. The molecule has 0 saturated heterocycles. The second kappa shape index (κ2) is 10.7. The molecule has 0 fully saturated rings. The molecule has 0 radical (unpaired) electrons. The summed E-state index contributed by atoms with van der Waals surface area (Å²) in [5.74, 6) is 2.56. The zero-order valence-corrected chi connectivity index (χ0v) is 22.1. The van der Waals surface area contributed by atoms with Crippen LogP contribution in [-0.2, 0) is 48.5 Å². The van der Waals surface area contributed by atoms with Crippen molar-refractivity contribution < 1.29 is 22.8 Å². The van der Waals surface area contributed by atoms with E-state index >= 15 is 0 Å². The summed E-state index contributed by atoms with van der Waals surface area (Å²) in [6.45, 7) is 0. The molecule has 0 aliphatic rings. The standard InChI is InChI=1S/C26H30N6O3S/c1-29-13-14-30(2)25(29)23(34-5)27-19-9-7-11-21(17-19)36(33)22-12-8-10-20(18-22)28-24(35-6)26-31(3)15-16-32(26)4/h7-18H,1-6H3/q+2. The van der Waals surface area contributed by atoms with E-state index in [4.69, 9.17) is 9.47 Å². The van der Waals surface area contributed by atoms with Gasteiger partial charge < -0.3 is 9.47 Å². The lowest BCUT2D eigenvalue weighted by molar-refractivity contribution is -0.672. The molecule has 4 aromatic rings. The Morgan fingerprint density at radius 2 is 1.19 bits per heavy atom. The molecule has 36 heavy (non-hydrogen) atoms. The van der Waals surface area contributed by atoms with Gasteiger partial charge in [0, 0.05) is 9.79 Å². The first kappa shape index (κ1) is 25.1. The summed E-state index contributed by atoms with van der Waals surface area (Å²) < 4.78 is 32.3. The summed E-state index contributed by atoms with van der Waals surface area (Å²) in [7, 11) is 9.45. The van der Waals surface area contributed by atoms with Gasteiger partial charge in [0.25, 0.3) is 0 Å². The molecule has 4 rings (SSSR count). The van der Waals surface area contributed by atoms with Crippen molar-refractivity contribution in [2.45, 2.75) is 9.79 Å². The Morgan fingerprint density at radius 1 is 0.778 bits per heavy atom. The normalized spacial score (nSPS) is 13.1. The Morgan fingerprint density at radius 3 is 1.53 bits per heavy atom.